The van der Waals surface area contributed by atoms with Crippen molar-refractivity contribution in [2.75, 3.05) is 39.5 Å². The molecule has 0 spiro atoms. The summed E-state index contributed by atoms with van der Waals surface area (Å²) in [5.41, 5.74) is 0. The molecule has 0 aromatic carbocycles. The summed E-state index contributed by atoms with van der Waals surface area (Å²) in [4.78, 5) is 13.1. The summed E-state index contributed by atoms with van der Waals surface area (Å²) in [7, 11) is 0. The van der Waals surface area contributed by atoms with Crippen LogP contribution < -0.4 is 0 Å². The summed E-state index contributed by atoms with van der Waals surface area (Å²) < 4.78 is 0. The minimum absolute atomic E-state index is 0.0443. The van der Waals surface area contributed by atoms with Gasteiger partial charge >= 0.3 is 5.97 Å². The van der Waals surface area contributed by atoms with Crippen LogP contribution in [0, 0.1) is 5.92 Å². The van der Waals surface area contributed by atoms with Crippen LogP contribution in [0.5, 0.6) is 0 Å². The van der Waals surface area contributed by atoms with Crippen molar-refractivity contribution in [3.63, 3.8) is 0 Å². The van der Waals surface area contributed by atoms with Gasteiger partial charge < -0.3 is 20.4 Å². The molecule has 6 heteroatoms. The second-order valence-corrected chi connectivity index (χ2v) is 8.21. The minimum atomic E-state index is -0.783. The van der Waals surface area contributed by atoms with Crippen molar-refractivity contribution >= 4 is 5.97 Å². The van der Waals surface area contributed by atoms with Gasteiger partial charge in [-0.3, -0.25) is 9.69 Å². The molecule has 0 aliphatic carbocycles. The Morgan fingerprint density at radius 1 is 0.633 bits per heavy atom. The lowest BCUT2D eigenvalue weighted by atomic mass is 9.98. The summed E-state index contributed by atoms with van der Waals surface area (Å²) in [5.74, 6) is -1.17. The van der Waals surface area contributed by atoms with Crippen LogP contribution in [0.25, 0.3) is 0 Å². The summed E-state index contributed by atoms with van der Waals surface area (Å²) in [6, 6.07) is 0. The number of aliphatic carboxylic acids is 1. The summed E-state index contributed by atoms with van der Waals surface area (Å²) in [5, 5.41) is 35.9. The number of unbranched alkanes of at least 4 members (excludes halogenated alkanes) is 10. The predicted molar refractivity (Wildman–Crippen MR) is 123 cm³/mol. The first kappa shape index (κ1) is 29.1. The van der Waals surface area contributed by atoms with Gasteiger partial charge in [-0.15, -0.1) is 0 Å². The summed E-state index contributed by atoms with van der Waals surface area (Å²) >= 11 is 0. The van der Waals surface area contributed by atoms with Gasteiger partial charge in [-0.25, -0.2) is 0 Å². The molecule has 6 nitrogen and oxygen atoms in total. The van der Waals surface area contributed by atoms with E-state index in [-0.39, 0.29) is 25.7 Å². The van der Waals surface area contributed by atoms with Crippen molar-refractivity contribution in [1.29, 1.82) is 0 Å². The highest BCUT2D eigenvalue weighted by atomic mass is 16.4. The highest BCUT2D eigenvalue weighted by molar-refractivity contribution is 5.69. The third-order valence-corrected chi connectivity index (χ3v) is 5.59. The fourth-order valence-electron chi connectivity index (χ4n) is 3.71. The molecule has 178 valence electrons. The van der Waals surface area contributed by atoms with Crippen molar-refractivity contribution < 1.29 is 25.2 Å². The second-order valence-electron chi connectivity index (χ2n) is 8.21. The number of hydrogen-bond acceptors (Lipinski definition) is 5. The van der Waals surface area contributed by atoms with Gasteiger partial charge in [-0.2, -0.15) is 0 Å². The van der Waals surface area contributed by atoms with E-state index in [4.69, 9.17) is 20.4 Å². The Balaban J connectivity index is 3.39. The van der Waals surface area contributed by atoms with Gasteiger partial charge in [-0.05, 0) is 51.5 Å². The van der Waals surface area contributed by atoms with Gasteiger partial charge in [-0.1, -0.05) is 57.1 Å². The molecule has 1 atom stereocenters. The second kappa shape index (κ2) is 22.7. The Hall–Kier alpha value is -0.950. The first-order valence-corrected chi connectivity index (χ1v) is 12.1. The van der Waals surface area contributed by atoms with Gasteiger partial charge in [0.05, 0.1) is 19.1 Å². The Kier molecular flexibility index (Phi) is 22.0. The average molecular weight is 430 g/mol. The molecule has 1 unspecified atom stereocenters. The van der Waals surface area contributed by atoms with E-state index in [1.165, 1.54) is 32.1 Å². The number of aliphatic hydroxyl groups excluding tert-OH is 3. The number of nitrogens with zero attached hydrogens (tertiary/aromatic N) is 1. The minimum Gasteiger partial charge on any atom is -0.481 e. The fourth-order valence-corrected chi connectivity index (χ4v) is 3.71. The monoisotopic (exact) mass is 429 g/mol. The molecular formula is C24H47NO5. The molecule has 0 aromatic rings. The van der Waals surface area contributed by atoms with Crippen LogP contribution in [0.1, 0.15) is 89.9 Å². The SMILES string of the molecule is O=C(O)C(CCO)CCCCCCC=CCCCCCCCCN(CCO)CCO. The van der Waals surface area contributed by atoms with E-state index < -0.39 is 5.97 Å². The number of rotatable bonds is 23. The van der Waals surface area contributed by atoms with E-state index in [2.05, 4.69) is 17.1 Å². The van der Waals surface area contributed by atoms with Crippen molar-refractivity contribution in [2.24, 2.45) is 5.92 Å². The Morgan fingerprint density at radius 2 is 1.13 bits per heavy atom. The van der Waals surface area contributed by atoms with Crippen LogP contribution in [0.2, 0.25) is 0 Å². The standard InChI is InChI=1S/C24H47NO5/c26-20-16-23(24(29)30)15-13-11-9-7-5-3-1-2-4-6-8-10-12-14-17-25(18-21-27)19-22-28/h1,3,23,26-28H,2,4-22H2,(H,29,30). The third-order valence-electron chi connectivity index (χ3n) is 5.59. The molecule has 0 aliphatic rings. The number of aliphatic hydroxyl groups is 3. The van der Waals surface area contributed by atoms with Crippen molar-refractivity contribution in [3.05, 3.63) is 12.2 Å². The topological polar surface area (TPSA) is 101 Å². The zero-order valence-corrected chi connectivity index (χ0v) is 19.0. The zero-order valence-electron chi connectivity index (χ0n) is 19.0. The van der Waals surface area contributed by atoms with Crippen LogP contribution in [0.4, 0.5) is 0 Å². The first-order valence-electron chi connectivity index (χ1n) is 12.1. The van der Waals surface area contributed by atoms with Crippen LogP contribution in [0.3, 0.4) is 0 Å². The molecule has 0 radical (unpaired) electrons. The molecule has 0 aliphatic heterocycles. The van der Waals surface area contributed by atoms with Crippen LogP contribution in [0.15, 0.2) is 12.2 Å². The molecule has 0 fully saturated rings. The van der Waals surface area contributed by atoms with E-state index >= 15 is 0 Å². The highest BCUT2D eigenvalue weighted by Crippen LogP contribution is 2.15. The molecule has 4 N–H and O–H groups in total. The van der Waals surface area contributed by atoms with Crippen LogP contribution >= 0.6 is 0 Å². The quantitative estimate of drug-likeness (QED) is 0.145. The molecule has 0 aromatic heterocycles. The number of carboxylic acids is 1. The fraction of sp³-hybridized carbons (Fsp3) is 0.875. The van der Waals surface area contributed by atoms with Gasteiger partial charge in [0.15, 0.2) is 0 Å². The lowest BCUT2D eigenvalue weighted by molar-refractivity contribution is -0.142. The molecule has 0 rings (SSSR count). The van der Waals surface area contributed by atoms with Gasteiger partial charge in [0.2, 0.25) is 0 Å². The van der Waals surface area contributed by atoms with Gasteiger partial charge in [0, 0.05) is 19.7 Å². The number of allylic oxidation sites excluding steroid dienone is 2. The first-order chi connectivity index (χ1) is 14.7. The van der Waals surface area contributed by atoms with Crippen molar-refractivity contribution in [2.45, 2.75) is 89.9 Å². The Bertz CT molecular complexity index is 397. The van der Waals surface area contributed by atoms with Crippen LogP contribution in [-0.4, -0.2) is 70.8 Å². The predicted octanol–water partition coefficient (Wildman–Crippen LogP) is 3.98. The van der Waals surface area contributed by atoms with E-state index in [0.29, 0.717) is 25.9 Å². The summed E-state index contributed by atoms with van der Waals surface area (Å²) in [6.45, 7) is 2.55. The van der Waals surface area contributed by atoms with Gasteiger partial charge in [0.25, 0.3) is 0 Å². The number of hydrogen-bond donors (Lipinski definition) is 4. The molecule has 30 heavy (non-hydrogen) atoms. The highest BCUT2D eigenvalue weighted by Gasteiger charge is 2.15. The largest absolute Gasteiger partial charge is 0.481 e. The normalized spacial score (nSPS) is 12.8. The number of carboxylic acid groups (broad SMARTS) is 1. The van der Waals surface area contributed by atoms with E-state index in [1.54, 1.807) is 0 Å². The smallest absolute Gasteiger partial charge is 0.306 e. The van der Waals surface area contributed by atoms with Crippen molar-refractivity contribution in [1.82, 2.24) is 4.90 Å². The lowest BCUT2D eigenvalue weighted by Gasteiger charge is -2.19. The maximum Gasteiger partial charge on any atom is 0.306 e. The molecule has 0 heterocycles. The molecule has 0 saturated heterocycles. The number of carbonyl (C=O) groups is 1. The molecule has 0 bridgehead atoms. The third kappa shape index (κ3) is 19.0. The zero-order chi connectivity index (χ0) is 22.3. The van der Waals surface area contributed by atoms with E-state index in [1.807, 2.05) is 0 Å². The maximum atomic E-state index is 11.0. The average Bonchev–Trinajstić information content (AvgIpc) is 2.72. The van der Waals surface area contributed by atoms with Gasteiger partial charge in [0.1, 0.15) is 0 Å². The van der Waals surface area contributed by atoms with Crippen LogP contribution in [-0.2, 0) is 4.79 Å². The van der Waals surface area contributed by atoms with E-state index in [0.717, 1.165) is 51.5 Å². The van der Waals surface area contributed by atoms with Crippen molar-refractivity contribution in [3.8, 4) is 0 Å². The molecular weight excluding hydrogens is 382 g/mol. The Labute approximate surface area is 184 Å². The van der Waals surface area contributed by atoms with E-state index in [9.17, 15) is 4.79 Å². The lowest BCUT2D eigenvalue weighted by Crippen LogP contribution is -2.30. The molecule has 0 amide bonds. The summed E-state index contributed by atoms with van der Waals surface area (Å²) in [6.07, 6.45) is 19.6. The Morgan fingerprint density at radius 3 is 1.63 bits per heavy atom. The molecule has 0 saturated carbocycles. The maximum absolute atomic E-state index is 11.0.